The van der Waals surface area contributed by atoms with Crippen molar-refractivity contribution in [3.05, 3.63) is 109 Å². The maximum atomic E-state index is 10.7. The number of hydrogen-bond acceptors (Lipinski definition) is 12. The van der Waals surface area contributed by atoms with Crippen LogP contribution in [0.2, 0.25) is 0 Å². The predicted octanol–water partition coefficient (Wildman–Crippen LogP) is 6.68. The van der Waals surface area contributed by atoms with Gasteiger partial charge in [-0.1, -0.05) is 125 Å². The van der Waals surface area contributed by atoms with Crippen molar-refractivity contribution >= 4 is 60.1 Å². The molecule has 15 nitrogen and oxygen atoms in total. The van der Waals surface area contributed by atoms with Crippen LogP contribution in [-0.4, -0.2) is 66.2 Å². The average Bonchev–Trinajstić information content (AvgIpc) is 3.94. The van der Waals surface area contributed by atoms with Crippen LogP contribution >= 0.6 is 0 Å². The second-order valence-electron chi connectivity index (χ2n) is 12.2. The third-order valence-corrected chi connectivity index (χ3v) is 9.21. The summed E-state index contributed by atoms with van der Waals surface area (Å²) in [7, 11) is -3.20. The number of nitrogens with one attached hydrogen (secondary N) is 2. The Morgan fingerprint density at radius 2 is 0.898 bits per heavy atom. The van der Waals surface area contributed by atoms with Crippen LogP contribution in [0.5, 0.6) is 0 Å². The molecule has 59 heavy (non-hydrogen) atoms. The molecule has 2 N–H and O–H groups in total. The second-order valence-corrected chi connectivity index (χ2v) is 14.1. The van der Waals surface area contributed by atoms with Crippen molar-refractivity contribution in [2.45, 2.75) is 28.2 Å². The summed E-state index contributed by atoms with van der Waals surface area (Å²) in [6.07, 6.45) is 3.44. The fraction of sp³-hybridized carbons (Fsp3) is 0.146. The Labute approximate surface area is 376 Å². The van der Waals surface area contributed by atoms with Crippen LogP contribution in [0.1, 0.15) is 27.1 Å². The first kappa shape index (κ1) is 44.7. The topological polar surface area (TPSA) is 202 Å². The summed E-state index contributed by atoms with van der Waals surface area (Å²) >= 11 is 0. The van der Waals surface area contributed by atoms with Gasteiger partial charge in [-0.2, -0.15) is 4.72 Å². The van der Waals surface area contributed by atoms with E-state index >= 15 is 0 Å². The third kappa shape index (κ3) is 9.41. The van der Waals surface area contributed by atoms with Crippen LogP contribution in [0.3, 0.4) is 0 Å². The molecule has 0 saturated heterocycles. The number of aryl methyl sites for hydroxylation is 1. The quantitative estimate of drug-likeness (QED) is 0.107. The predicted molar refractivity (Wildman–Crippen MR) is 222 cm³/mol. The summed E-state index contributed by atoms with van der Waals surface area (Å²) in [5.74, 6) is 3.01. The molecule has 0 aliphatic carbocycles. The van der Waals surface area contributed by atoms with Crippen molar-refractivity contribution < 1.29 is 58.2 Å². The van der Waals surface area contributed by atoms with Crippen molar-refractivity contribution in [3.8, 4) is 45.6 Å². The molecule has 0 spiro atoms. The minimum Gasteiger partial charge on any atom is -0.394 e. The van der Waals surface area contributed by atoms with E-state index in [-0.39, 0.29) is 69.8 Å². The van der Waals surface area contributed by atoms with Gasteiger partial charge < -0.3 is 50.2 Å². The van der Waals surface area contributed by atoms with Gasteiger partial charge in [-0.3, -0.25) is 0 Å². The Bertz CT molecular complexity index is 2750. The molecule has 0 amide bonds. The largest absolute Gasteiger partial charge is 2.00 e. The van der Waals surface area contributed by atoms with Crippen LogP contribution in [0, 0.1) is 13.3 Å². The first-order chi connectivity index (χ1) is 27.3. The third-order valence-electron chi connectivity index (χ3n) is 8.55. The van der Waals surface area contributed by atoms with E-state index in [0.717, 1.165) is 50.1 Å². The number of benzene rings is 4. The Balaban J connectivity index is 0.000000300. The number of hydrogen-bond donors (Lipinski definition) is 2. The molecular weight excluding hydrogens is 891 g/mol. The van der Waals surface area contributed by atoms with Crippen molar-refractivity contribution in [2.75, 3.05) is 18.2 Å². The number of fused-ring (bicyclic) bond motifs is 20. The van der Waals surface area contributed by atoms with Gasteiger partial charge in [0, 0.05) is 89.7 Å². The normalized spacial score (nSPS) is 10.9. The molecule has 2 radical (unpaired) electrons. The van der Waals surface area contributed by atoms with E-state index < -0.39 is 10.0 Å². The van der Waals surface area contributed by atoms with Crippen molar-refractivity contribution in [2.24, 2.45) is 0 Å². The molecule has 0 fully saturated rings. The fourth-order valence-corrected chi connectivity index (χ4v) is 6.47. The number of aromatic nitrogens is 11. The maximum absolute atomic E-state index is 10.7. The van der Waals surface area contributed by atoms with Crippen molar-refractivity contribution in [1.82, 2.24) is 59.5 Å². The summed E-state index contributed by atoms with van der Waals surface area (Å²) in [6, 6.07) is 31.8. The zero-order chi connectivity index (χ0) is 38.8. The van der Waals surface area contributed by atoms with Crippen LogP contribution in [0.15, 0.2) is 97.1 Å². The molecule has 10 rings (SSSR count). The average molecular weight is 927 g/mol. The fourth-order valence-electron chi connectivity index (χ4n) is 6.13. The van der Waals surface area contributed by atoms with Gasteiger partial charge in [0.25, 0.3) is 0 Å². The van der Waals surface area contributed by atoms with Gasteiger partial charge in [-0.15, -0.1) is 0 Å². The van der Waals surface area contributed by atoms with Crippen LogP contribution in [0.25, 0.3) is 89.7 Å². The van der Waals surface area contributed by atoms with Gasteiger partial charge in [0.2, 0.25) is 10.0 Å². The molecule has 18 heteroatoms. The van der Waals surface area contributed by atoms with Gasteiger partial charge in [0.1, 0.15) is 5.95 Å². The smallest absolute Gasteiger partial charge is 0.394 e. The van der Waals surface area contributed by atoms with E-state index in [9.17, 15) is 8.42 Å². The Hall–Kier alpha value is -5.42. The molecule has 0 atom stereocenters. The number of rotatable bonds is 4. The van der Waals surface area contributed by atoms with Crippen molar-refractivity contribution in [1.29, 1.82) is 0 Å². The molecule has 4 aromatic carbocycles. The zero-order valence-corrected chi connectivity index (χ0v) is 36.1. The number of sulfonamides is 1. The number of anilines is 1. The molecular formula is C41H36CuN13O2SY-. The SMILES string of the molecule is C.CC.Cc1n[c-]nc(NCNS(C)(=O)=O)n1.[Cu+2].[Y].c1ccc2c(c1)-c1nc-2nc2[n-]c(nc3nc(nc4[n-]c(n1)c1ccccc41)-c1ccccc1-3)c1ccccc21. The van der Waals surface area contributed by atoms with Gasteiger partial charge in [0.05, 0.1) is 36.2 Å². The minimum atomic E-state index is -3.20. The van der Waals surface area contributed by atoms with E-state index in [0.29, 0.717) is 51.7 Å². The molecule has 2 aliphatic heterocycles. The molecule has 8 bridgehead atoms. The van der Waals surface area contributed by atoms with E-state index in [1.54, 1.807) is 6.92 Å². The summed E-state index contributed by atoms with van der Waals surface area (Å²) in [5, 5.41) is 6.23. The number of nitrogens with zero attached hydrogens (tertiary/aromatic N) is 11. The Kier molecular flexibility index (Phi) is 14.5. The van der Waals surface area contributed by atoms with Crippen LogP contribution in [-0.2, 0) is 59.8 Å². The summed E-state index contributed by atoms with van der Waals surface area (Å²) in [5.41, 5.74) is 5.78. The first-order valence-electron chi connectivity index (χ1n) is 17.6. The van der Waals surface area contributed by atoms with Gasteiger partial charge in [-0.25, -0.2) is 18.4 Å². The molecule has 6 heterocycles. The molecule has 4 aromatic heterocycles. The standard InChI is InChI=1S/C32H16N8.C6H10N5O2S.C2H6.CH4.Cu.Y/c1-2-10-18-17(9-1)25-33-26(18)38-28-21-13-5-6-14-22(21)30(35-28)40-32-24-16-8-7-15-23(24)31(36-32)39-29-20-12-4-3-11-19(20)27(34-29)37-25;1-5-7-3-8-6(11-5)9-4-10-14(2,12)13;1-2;;;/h1-16H;10H,4H2,1-2H3,(H,7,8,9,11);1-2H3;1H4;;/q-2;-1;;;+2;. The summed E-state index contributed by atoms with van der Waals surface area (Å²) in [6.45, 7) is 5.73. The van der Waals surface area contributed by atoms with E-state index in [1.165, 1.54) is 0 Å². The van der Waals surface area contributed by atoms with Crippen LogP contribution in [0.4, 0.5) is 5.95 Å². The monoisotopic (exact) mass is 926 g/mol. The van der Waals surface area contributed by atoms with Crippen LogP contribution < -0.4 is 20.0 Å². The van der Waals surface area contributed by atoms with Gasteiger partial charge in [0.15, 0.2) is 0 Å². The van der Waals surface area contributed by atoms with E-state index in [1.807, 2.05) is 111 Å². The molecule has 2 aliphatic rings. The van der Waals surface area contributed by atoms with Crippen molar-refractivity contribution in [3.63, 3.8) is 0 Å². The first-order valence-corrected chi connectivity index (χ1v) is 19.5. The molecule has 0 saturated carbocycles. The van der Waals surface area contributed by atoms with E-state index in [2.05, 4.69) is 31.3 Å². The minimum absolute atomic E-state index is 0. The molecule has 298 valence electrons. The molecule has 0 unspecified atom stereocenters. The summed E-state index contributed by atoms with van der Waals surface area (Å²) < 4.78 is 23.6. The second kappa shape index (κ2) is 19.1. The summed E-state index contributed by atoms with van der Waals surface area (Å²) in [4.78, 5) is 50.5. The van der Waals surface area contributed by atoms with Gasteiger partial charge in [-0.05, 0) is 21.5 Å². The Morgan fingerprint density at radius 1 is 0.559 bits per heavy atom. The molecule has 8 aromatic rings. The maximum Gasteiger partial charge on any atom is 2.00 e. The van der Waals surface area contributed by atoms with Gasteiger partial charge >= 0.3 is 17.1 Å². The Morgan fingerprint density at radius 3 is 1.22 bits per heavy atom. The van der Waals surface area contributed by atoms with E-state index in [4.69, 9.17) is 39.9 Å². The zero-order valence-electron chi connectivity index (χ0n) is 31.5.